The SMILES string of the molecule is COc1cc(-c2ccccc2O)cn2nc(N)c(C(=O)Nc3cccc(C)c3)c12. The monoisotopic (exact) mass is 388 g/mol. The van der Waals surface area contributed by atoms with Gasteiger partial charge in [-0.05, 0) is 36.8 Å². The van der Waals surface area contributed by atoms with E-state index < -0.39 is 0 Å². The summed E-state index contributed by atoms with van der Waals surface area (Å²) in [7, 11) is 1.51. The highest BCUT2D eigenvalue weighted by atomic mass is 16.5. The van der Waals surface area contributed by atoms with Crippen molar-refractivity contribution in [1.29, 1.82) is 0 Å². The van der Waals surface area contributed by atoms with Crippen molar-refractivity contribution in [3.05, 3.63) is 71.9 Å². The molecule has 0 aliphatic heterocycles. The molecule has 2 heterocycles. The second kappa shape index (κ2) is 7.20. The number of carbonyl (C=O) groups excluding carboxylic acids is 1. The fourth-order valence-corrected chi connectivity index (χ4v) is 3.32. The Morgan fingerprint density at radius 2 is 1.97 bits per heavy atom. The van der Waals surface area contributed by atoms with E-state index in [-0.39, 0.29) is 23.0 Å². The van der Waals surface area contributed by atoms with Gasteiger partial charge in [0.1, 0.15) is 22.6 Å². The van der Waals surface area contributed by atoms with Gasteiger partial charge in [0.2, 0.25) is 0 Å². The molecule has 0 saturated carbocycles. The average molecular weight is 388 g/mol. The van der Waals surface area contributed by atoms with E-state index in [2.05, 4.69) is 10.4 Å². The van der Waals surface area contributed by atoms with Crippen LogP contribution in [0.3, 0.4) is 0 Å². The third kappa shape index (κ3) is 3.34. The van der Waals surface area contributed by atoms with Gasteiger partial charge in [-0.25, -0.2) is 4.52 Å². The molecule has 4 rings (SSSR count). The number of anilines is 2. The minimum Gasteiger partial charge on any atom is -0.507 e. The number of ether oxygens (including phenoxy) is 1. The Morgan fingerprint density at radius 1 is 1.17 bits per heavy atom. The van der Waals surface area contributed by atoms with E-state index in [1.807, 2.05) is 31.2 Å². The normalized spacial score (nSPS) is 10.8. The van der Waals surface area contributed by atoms with Gasteiger partial charge in [-0.3, -0.25) is 4.79 Å². The van der Waals surface area contributed by atoms with Gasteiger partial charge in [0.15, 0.2) is 5.82 Å². The van der Waals surface area contributed by atoms with Crippen LogP contribution in [-0.2, 0) is 0 Å². The summed E-state index contributed by atoms with van der Waals surface area (Å²) in [6.07, 6.45) is 1.70. The lowest BCUT2D eigenvalue weighted by atomic mass is 10.1. The molecule has 2 aromatic carbocycles. The number of rotatable bonds is 4. The number of nitrogen functional groups attached to an aromatic ring is 1. The first-order valence-corrected chi connectivity index (χ1v) is 9.00. The molecule has 0 bridgehead atoms. The van der Waals surface area contributed by atoms with Crippen LogP contribution >= 0.6 is 0 Å². The van der Waals surface area contributed by atoms with Gasteiger partial charge in [-0.2, -0.15) is 0 Å². The summed E-state index contributed by atoms with van der Waals surface area (Å²) >= 11 is 0. The minimum absolute atomic E-state index is 0.0860. The first-order valence-electron chi connectivity index (χ1n) is 9.00. The van der Waals surface area contributed by atoms with E-state index in [4.69, 9.17) is 10.5 Å². The molecule has 2 aromatic heterocycles. The molecule has 4 N–H and O–H groups in total. The lowest BCUT2D eigenvalue weighted by molar-refractivity contribution is 0.102. The fraction of sp³-hybridized carbons (Fsp3) is 0.0909. The summed E-state index contributed by atoms with van der Waals surface area (Å²) in [4.78, 5) is 13.0. The molecule has 146 valence electrons. The first-order chi connectivity index (χ1) is 14.0. The number of hydrogen-bond donors (Lipinski definition) is 3. The van der Waals surface area contributed by atoms with Crippen molar-refractivity contribution in [3.63, 3.8) is 0 Å². The molecule has 7 heteroatoms. The largest absolute Gasteiger partial charge is 0.507 e. The second-order valence-electron chi connectivity index (χ2n) is 6.69. The summed E-state index contributed by atoms with van der Waals surface area (Å²) in [6.45, 7) is 1.95. The predicted molar refractivity (Wildman–Crippen MR) is 112 cm³/mol. The van der Waals surface area contributed by atoms with E-state index in [1.54, 1.807) is 36.5 Å². The number of methoxy groups -OCH3 is 1. The molecule has 0 radical (unpaired) electrons. The number of nitrogens with zero attached hydrogens (tertiary/aromatic N) is 2. The number of nitrogens with one attached hydrogen (secondary N) is 1. The number of aryl methyl sites for hydroxylation is 1. The zero-order chi connectivity index (χ0) is 20.5. The first kappa shape index (κ1) is 18.4. The molecule has 29 heavy (non-hydrogen) atoms. The molecule has 0 atom stereocenters. The number of phenols is 1. The Balaban J connectivity index is 1.83. The molecular weight excluding hydrogens is 368 g/mol. The van der Waals surface area contributed by atoms with Crippen molar-refractivity contribution in [2.45, 2.75) is 6.92 Å². The smallest absolute Gasteiger partial charge is 0.261 e. The van der Waals surface area contributed by atoms with Crippen molar-refractivity contribution >= 4 is 22.9 Å². The average Bonchev–Trinajstić information content (AvgIpc) is 3.03. The number of fused-ring (bicyclic) bond motifs is 1. The number of pyridine rings is 1. The summed E-state index contributed by atoms with van der Waals surface area (Å²) in [6, 6.07) is 16.2. The number of amides is 1. The Bertz CT molecular complexity index is 1230. The van der Waals surface area contributed by atoms with Crippen LogP contribution in [0, 0.1) is 6.92 Å². The molecule has 4 aromatic rings. The highest BCUT2D eigenvalue weighted by Crippen LogP contribution is 2.35. The molecule has 0 fully saturated rings. The molecule has 1 amide bonds. The number of benzene rings is 2. The maximum absolute atomic E-state index is 13.0. The van der Waals surface area contributed by atoms with Crippen LogP contribution in [0.1, 0.15) is 15.9 Å². The predicted octanol–water partition coefficient (Wildman–Crippen LogP) is 3.86. The second-order valence-corrected chi connectivity index (χ2v) is 6.69. The van der Waals surface area contributed by atoms with Crippen molar-refractivity contribution in [2.24, 2.45) is 0 Å². The number of phenolic OH excluding ortho intramolecular Hbond substituents is 1. The lowest BCUT2D eigenvalue weighted by Gasteiger charge is -2.10. The van der Waals surface area contributed by atoms with Gasteiger partial charge in [0, 0.05) is 23.0 Å². The number of nitrogens with two attached hydrogens (primary N) is 1. The summed E-state index contributed by atoms with van der Waals surface area (Å²) < 4.78 is 7.03. The van der Waals surface area contributed by atoms with Crippen molar-refractivity contribution in [1.82, 2.24) is 9.61 Å². The third-order valence-electron chi connectivity index (χ3n) is 4.66. The summed E-state index contributed by atoms with van der Waals surface area (Å²) in [5.41, 5.74) is 9.76. The van der Waals surface area contributed by atoms with Gasteiger partial charge in [0.25, 0.3) is 5.91 Å². The standard InChI is InChI=1S/C22H20N4O3/c1-13-6-5-7-15(10-13)24-22(28)19-20-18(29-2)11-14(12-26(20)25-21(19)23)16-8-3-4-9-17(16)27/h3-12,27H,1-2H3,(H2,23,25)(H,24,28). The van der Waals surface area contributed by atoms with Crippen molar-refractivity contribution in [2.75, 3.05) is 18.2 Å². The molecule has 7 nitrogen and oxygen atoms in total. The lowest BCUT2D eigenvalue weighted by Crippen LogP contribution is -2.13. The van der Waals surface area contributed by atoms with E-state index in [0.717, 1.165) is 5.56 Å². The Labute approximate surface area is 167 Å². The highest BCUT2D eigenvalue weighted by Gasteiger charge is 2.23. The maximum Gasteiger partial charge on any atom is 0.261 e. The van der Waals surface area contributed by atoms with Crippen LogP contribution in [0.25, 0.3) is 16.6 Å². The quantitative estimate of drug-likeness (QED) is 0.493. The number of hydrogen-bond acceptors (Lipinski definition) is 5. The zero-order valence-electron chi connectivity index (χ0n) is 16.0. The number of aromatic nitrogens is 2. The minimum atomic E-state index is -0.378. The topological polar surface area (TPSA) is 102 Å². The summed E-state index contributed by atoms with van der Waals surface area (Å²) in [5.74, 6) is 0.260. The Hall–Kier alpha value is -4.00. The van der Waals surface area contributed by atoms with Gasteiger partial charge >= 0.3 is 0 Å². The Morgan fingerprint density at radius 3 is 2.69 bits per heavy atom. The van der Waals surface area contributed by atoms with Crippen molar-refractivity contribution in [3.8, 4) is 22.6 Å². The van der Waals surface area contributed by atoms with E-state index in [1.165, 1.54) is 11.6 Å². The molecule has 0 spiro atoms. The van der Waals surface area contributed by atoms with Crippen LogP contribution < -0.4 is 15.8 Å². The van der Waals surface area contributed by atoms with Gasteiger partial charge < -0.3 is 20.9 Å². The molecule has 0 saturated heterocycles. The third-order valence-corrected chi connectivity index (χ3v) is 4.66. The number of aromatic hydroxyl groups is 1. The van der Waals surface area contributed by atoms with Crippen LogP contribution in [-0.4, -0.2) is 27.7 Å². The van der Waals surface area contributed by atoms with Crippen LogP contribution in [0.4, 0.5) is 11.5 Å². The number of para-hydroxylation sites is 1. The Kier molecular flexibility index (Phi) is 4.56. The fourth-order valence-electron chi connectivity index (χ4n) is 3.32. The molecular formula is C22H20N4O3. The van der Waals surface area contributed by atoms with Gasteiger partial charge in [-0.1, -0.05) is 30.3 Å². The zero-order valence-corrected chi connectivity index (χ0v) is 16.0. The van der Waals surface area contributed by atoms with Crippen molar-refractivity contribution < 1.29 is 14.6 Å². The van der Waals surface area contributed by atoms with Crippen LogP contribution in [0.5, 0.6) is 11.5 Å². The molecule has 0 unspecified atom stereocenters. The van der Waals surface area contributed by atoms with E-state index in [0.29, 0.717) is 28.1 Å². The summed E-state index contributed by atoms with van der Waals surface area (Å²) in [5, 5.41) is 17.3. The van der Waals surface area contributed by atoms with E-state index in [9.17, 15) is 9.90 Å². The van der Waals surface area contributed by atoms with Gasteiger partial charge in [-0.15, -0.1) is 5.10 Å². The van der Waals surface area contributed by atoms with Crippen LogP contribution in [0.15, 0.2) is 60.8 Å². The maximum atomic E-state index is 13.0. The van der Waals surface area contributed by atoms with E-state index >= 15 is 0 Å². The number of carbonyl (C=O) groups is 1. The molecule has 0 aliphatic rings. The van der Waals surface area contributed by atoms with Gasteiger partial charge in [0.05, 0.1) is 7.11 Å². The molecule has 0 aliphatic carbocycles. The highest BCUT2D eigenvalue weighted by molar-refractivity contribution is 6.13. The van der Waals surface area contributed by atoms with Crippen LogP contribution in [0.2, 0.25) is 0 Å².